The molecule has 2 aliphatic rings. The van der Waals surface area contributed by atoms with Crippen LogP contribution in [0.3, 0.4) is 0 Å². The molecule has 1 N–H and O–H groups in total. The third-order valence-corrected chi connectivity index (χ3v) is 6.96. The molecule has 0 aromatic carbocycles. The van der Waals surface area contributed by atoms with Gasteiger partial charge in [0.25, 0.3) is 0 Å². The zero-order valence-electron chi connectivity index (χ0n) is 15.1. The number of hydrogen-bond acceptors (Lipinski definition) is 5. The SMILES string of the molecule is CCCS(=O)(=O)N1CCC[C@@H]1C(=O)NCC(C)(C)N1CCOCC1. The molecule has 0 spiro atoms. The van der Waals surface area contributed by atoms with E-state index in [1.165, 1.54) is 4.31 Å². The zero-order valence-corrected chi connectivity index (χ0v) is 15.9. The van der Waals surface area contributed by atoms with E-state index < -0.39 is 16.1 Å². The van der Waals surface area contributed by atoms with Crippen molar-refractivity contribution in [2.24, 2.45) is 0 Å². The molecule has 1 atom stereocenters. The van der Waals surface area contributed by atoms with Gasteiger partial charge in [-0.15, -0.1) is 0 Å². The normalized spacial score (nSPS) is 24.2. The van der Waals surface area contributed by atoms with E-state index in [-0.39, 0.29) is 17.2 Å². The summed E-state index contributed by atoms with van der Waals surface area (Å²) < 4.78 is 31.4. The summed E-state index contributed by atoms with van der Waals surface area (Å²) in [7, 11) is -3.33. The highest BCUT2D eigenvalue weighted by atomic mass is 32.2. The number of nitrogens with zero attached hydrogens (tertiary/aromatic N) is 2. The summed E-state index contributed by atoms with van der Waals surface area (Å²) in [4.78, 5) is 14.9. The number of amides is 1. The topological polar surface area (TPSA) is 79.0 Å². The van der Waals surface area contributed by atoms with Crippen LogP contribution in [0.1, 0.15) is 40.0 Å². The van der Waals surface area contributed by atoms with Gasteiger partial charge in [-0.05, 0) is 33.1 Å². The van der Waals surface area contributed by atoms with Gasteiger partial charge in [-0.25, -0.2) is 8.42 Å². The van der Waals surface area contributed by atoms with E-state index in [4.69, 9.17) is 4.74 Å². The minimum Gasteiger partial charge on any atom is -0.379 e. The van der Waals surface area contributed by atoms with Gasteiger partial charge in [-0.3, -0.25) is 9.69 Å². The second kappa shape index (κ2) is 8.12. The lowest BCUT2D eigenvalue weighted by molar-refractivity contribution is -0.125. The molecule has 2 rings (SSSR count). The Morgan fingerprint density at radius 1 is 1.25 bits per heavy atom. The molecule has 140 valence electrons. The molecule has 0 saturated carbocycles. The highest BCUT2D eigenvalue weighted by Gasteiger charge is 2.38. The Hall–Kier alpha value is -0.700. The number of carbonyl (C=O) groups is 1. The molecule has 2 aliphatic heterocycles. The first-order valence-electron chi connectivity index (χ1n) is 8.88. The predicted molar refractivity (Wildman–Crippen MR) is 93.3 cm³/mol. The van der Waals surface area contributed by atoms with Crippen molar-refractivity contribution >= 4 is 15.9 Å². The number of morpholine rings is 1. The number of sulfonamides is 1. The third kappa shape index (κ3) is 4.68. The van der Waals surface area contributed by atoms with E-state index in [1.54, 1.807) is 0 Å². The maximum atomic E-state index is 12.6. The third-order valence-electron chi connectivity index (χ3n) is 4.89. The van der Waals surface area contributed by atoms with E-state index in [9.17, 15) is 13.2 Å². The molecule has 7 nitrogen and oxygen atoms in total. The van der Waals surface area contributed by atoms with Gasteiger partial charge < -0.3 is 10.1 Å². The minimum atomic E-state index is -3.33. The lowest BCUT2D eigenvalue weighted by Gasteiger charge is -2.41. The monoisotopic (exact) mass is 361 g/mol. The summed E-state index contributed by atoms with van der Waals surface area (Å²) in [5, 5.41) is 2.98. The molecule has 2 saturated heterocycles. The summed E-state index contributed by atoms with van der Waals surface area (Å²) in [5.41, 5.74) is -0.175. The van der Waals surface area contributed by atoms with E-state index in [0.717, 1.165) is 19.5 Å². The van der Waals surface area contributed by atoms with Crippen LogP contribution in [0.15, 0.2) is 0 Å². The Labute approximate surface area is 145 Å². The highest BCUT2D eigenvalue weighted by molar-refractivity contribution is 7.89. The quantitative estimate of drug-likeness (QED) is 0.711. The van der Waals surface area contributed by atoms with Gasteiger partial charge in [0.15, 0.2) is 0 Å². The molecular formula is C16H31N3O4S. The van der Waals surface area contributed by atoms with E-state index in [2.05, 4.69) is 24.1 Å². The Balaban J connectivity index is 1.93. The Bertz CT molecular complexity index is 529. The van der Waals surface area contributed by atoms with E-state index in [1.807, 2.05) is 6.92 Å². The van der Waals surface area contributed by atoms with Crippen molar-refractivity contribution in [3.63, 3.8) is 0 Å². The molecule has 0 bridgehead atoms. The van der Waals surface area contributed by atoms with Crippen LogP contribution in [-0.2, 0) is 19.6 Å². The predicted octanol–water partition coefficient (Wildman–Crippen LogP) is 0.418. The van der Waals surface area contributed by atoms with Gasteiger partial charge in [0.1, 0.15) is 6.04 Å². The van der Waals surface area contributed by atoms with Crippen molar-refractivity contribution in [1.82, 2.24) is 14.5 Å². The lowest BCUT2D eigenvalue weighted by atomic mass is 10.0. The van der Waals surface area contributed by atoms with Gasteiger partial charge in [0.2, 0.25) is 15.9 Å². The number of ether oxygens (including phenoxy) is 1. The maximum absolute atomic E-state index is 12.6. The first kappa shape index (κ1) is 19.6. The van der Waals surface area contributed by atoms with Crippen molar-refractivity contribution in [1.29, 1.82) is 0 Å². The van der Waals surface area contributed by atoms with Crippen LogP contribution < -0.4 is 5.32 Å². The van der Waals surface area contributed by atoms with E-state index >= 15 is 0 Å². The molecule has 0 radical (unpaired) electrons. The first-order chi connectivity index (χ1) is 11.3. The van der Waals surface area contributed by atoms with Crippen molar-refractivity contribution in [2.45, 2.75) is 51.6 Å². The Morgan fingerprint density at radius 2 is 1.92 bits per heavy atom. The zero-order chi connectivity index (χ0) is 17.8. The van der Waals surface area contributed by atoms with Crippen LogP contribution in [0.5, 0.6) is 0 Å². The molecular weight excluding hydrogens is 330 g/mol. The van der Waals surface area contributed by atoms with Crippen LogP contribution in [0.25, 0.3) is 0 Å². The fourth-order valence-electron chi connectivity index (χ4n) is 3.41. The van der Waals surface area contributed by atoms with Crippen LogP contribution in [0, 0.1) is 0 Å². The van der Waals surface area contributed by atoms with Crippen molar-refractivity contribution in [2.75, 3.05) is 45.1 Å². The second-order valence-corrected chi connectivity index (χ2v) is 9.26. The smallest absolute Gasteiger partial charge is 0.238 e. The van der Waals surface area contributed by atoms with Crippen molar-refractivity contribution < 1.29 is 17.9 Å². The Morgan fingerprint density at radius 3 is 2.54 bits per heavy atom. The fourth-order valence-corrected chi connectivity index (χ4v) is 5.16. The molecule has 2 fully saturated rings. The molecule has 0 aromatic rings. The van der Waals surface area contributed by atoms with Crippen molar-refractivity contribution in [3.8, 4) is 0 Å². The molecule has 0 unspecified atom stereocenters. The summed E-state index contributed by atoms with van der Waals surface area (Å²) in [6, 6.07) is -0.554. The average Bonchev–Trinajstić information content (AvgIpc) is 3.04. The van der Waals surface area contributed by atoms with Gasteiger partial charge in [0.05, 0.1) is 19.0 Å². The average molecular weight is 362 g/mol. The highest BCUT2D eigenvalue weighted by Crippen LogP contribution is 2.22. The summed E-state index contributed by atoms with van der Waals surface area (Å²) in [6.07, 6.45) is 1.91. The minimum absolute atomic E-state index is 0.107. The number of rotatable bonds is 7. The first-order valence-corrected chi connectivity index (χ1v) is 10.5. The van der Waals surface area contributed by atoms with E-state index in [0.29, 0.717) is 39.1 Å². The largest absolute Gasteiger partial charge is 0.379 e. The second-order valence-electron chi connectivity index (χ2n) is 7.21. The van der Waals surface area contributed by atoms with Gasteiger partial charge in [-0.2, -0.15) is 4.31 Å². The summed E-state index contributed by atoms with van der Waals surface area (Å²) >= 11 is 0. The van der Waals surface area contributed by atoms with Crippen molar-refractivity contribution in [3.05, 3.63) is 0 Å². The fraction of sp³-hybridized carbons (Fsp3) is 0.938. The van der Waals surface area contributed by atoms with Gasteiger partial charge >= 0.3 is 0 Å². The molecule has 0 aromatic heterocycles. The van der Waals surface area contributed by atoms with Crippen LogP contribution in [0.4, 0.5) is 0 Å². The molecule has 0 aliphatic carbocycles. The number of nitrogens with one attached hydrogen (secondary N) is 1. The lowest BCUT2D eigenvalue weighted by Crippen LogP contribution is -2.57. The maximum Gasteiger partial charge on any atom is 0.238 e. The van der Waals surface area contributed by atoms with Crippen LogP contribution >= 0.6 is 0 Å². The standard InChI is InChI=1S/C16H31N3O4S/c1-4-12-24(21,22)19-7-5-6-14(19)15(20)17-13-16(2,3)18-8-10-23-11-9-18/h14H,4-13H2,1-3H3,(H,17,20)/t14-/m1/s1. The molecule has 2 heterocycles. The van der Waals surface area contributed by atoms with Crippen LogP contribution in [0.2, 0.25) is 0 Å². The molecule has 8 heteroatoms. The molecule has 1 amide bonds. The molecule has 24 heavy (non-hydrogen) atoms. The van der Waals surface area contributed by atoms with Crippen LogP contribution in [-0.4, -0.2) is 80.3 Å². The number of hydrogen-bond donors (Lipinski definition) is 1. The van der Waals surface area contributed by atoms with Gasteiger partial charge in [-0.1, -0.05) is 6.92 Å². The Kier molecular flexibility index (Phi) is 6.64. The number of carbonyl (C=O) groups excluding carboxylic acids is 1. The summed E-state index contributed by atoms with van der Waals surface area (Å²) in [6.45, 7) is 10.1. The summed E-state index contributed by atoms with van der Waals surface area (Å²) in [5.74, 6) is -0.0655. The van der Waals surface area contributed by atoms with Gasteiger partial charge in [0, 0.05) is 31.7 Å².